The number of nitrogens with zero attached hydrogens (tertiary/aromatic N) is 1. The van der Waals surface area contributed by atoms with Gasteiger partial charge in [-0.2, -0.15) is 0 Å². The van der Waals surface area contributed by atoms with Crippen LogP contribution >= 0.6 is 0 Å². The van der Waals surface area contributed by atoms with Crippen molar-refractivity contribution < 1.29 is 9.18 Å². The van der Waals surface area contributed by atoms with Gasteiger partial charge in [-0.3, -0.25) is 4.79 Å². The first-order chi connectivity index (χ1) is 11.0. The van der Waals surface area contributed by atoms with Crippen molar-refractivity contribution in [2.24, 2.45) is 5.92 Å². The lowest BCUT2D eigenvalue weighted by Gasteiger charge is -2.40. The lowest BCUT2D eigenvalue weighted by atomic mass is 9.75. The van der Waals surface area contributed by atoms with Crippen LogP contribution in [0.3, 0.4) is 0 Å². The first kappa shape index (κ1) is 16.0. The highest BCUT2D eigenvalue weighted by atomic mass is 19.1. The van der Waals surface area contributed by atoms with E-state index in [4.69, 9.17) is 0 Å². The fourth-order valence-electron chi connectivity index (χ4n) is 3.89. The molecule has 0 atom stereocenters. The summed E-state index contributed by atoms with van der Waals surface area (Å²) in [5, 5.41) is 0. The fourth-order valence-corrected chi connectivity index (χ4v) is 3.89. The number of Topliss-reactive ketones (excluding diaryl/α,β-unsaturated/α-hetero) is 1. The van der Waals surface area contributed by atoms with Crippen LogP contribution in [0.15, 0.2) is 42.6 Å². The summed E-state index contributed by atoms with van der Waals surface area (Å²) >= 11 is 0. The minimum absolute atomic E-state index is 0.0107. The Morgan fingerprint density at radius 3 is 2.35 bits per heavy atom. The van der Waals surface area contributed by atoms with E-state index in [0.29, 0.717) is 5.78 Å². The SMILES string of the molecule is CC(C)C(=O)C1(n2cccc2-c2ccc(F)cc2)CCCCC1. The Hall–Kier alpha value is -1.90. The summed E-state index contributed by atoms with van der Waals surface area (Å²) in [6, 6.07) is 10.5. The second-order valence-corrected chi connectivity index (χ2v) is 6.88. The Bertz CT molecular complexity index is 678. The van der Waals surface area contributed by atoms with E-state index in [2.05, 4.69) is 4.57 Å². The van der Waals surface area contributed by atoms with E-state index >= 15 is 0 Å². The molecule has 0 bridgehead atoms. The smallest absolute Gasteiger partial charge is 0.161 e. The second kappa shape index (κ2) is 6.31. The van der Waals surface area contributed by atoms with Gasteiger partial charge in [0, 0.05) is 17.8 Å². The number of hydrogen-bond acceptors (Lipinski definition) is 1. The van der Waals surface area contributed by atoms with E-state index in [-0.39, 0.29) is 11.7 Å². The summed E-state index contributed by atoms with van der Waals surface area (Å²) in [4.78, 5) is 13.1. The molecule has 0 radical (unpaired) electrons. The molecule has 3 rings (SSSR count). The predicted octanol–water partition coefficient (Wildman–Crippen LogP) is 5.18. The van der Waals surface area contributed by atoms with Gasteiger partial charge in [0.25, 0.3) is 0 Å². The molecule has 1 aromatic heterocycles. The molecule has 1 saturated carbocycles. The van der Waals surface area contributed by atoms with Crippen molar-refractivity contribution in [3.05, 3.63) is 48.4 Å². The molecule has 0 aliphatic heterocycles. The molecule has 1 heterocycles. The van der Waals surface area contributed by atoms with Crippen LogP contribution in [-0.4, -0.2) is 10.4 Å². The predicted molar refractivity (Wildman–Crippen MR) is 90.7 cm³/mol. The van der Waals surface area contributed by atoms with Crippen LogP contribution in [0, 0.1) is 11.7 Å². The van der Waals surface area contributed by atoms with Crippen LogP contribution in [0.4, 0.5) is 4.39 Å². The van der Waals surface area contributed by atoms with Crippen LogP contribution < -0.4 is 0 Å². The fraction of sp³-hybridized carbons (Fsp3) is 0.450. The van der Waals surface area contributed by atoms with Crippen molar-refractivity contribution in [1.29, 1.82) is 0 Å². The highest BCUT2D eigenvalue weighted by Crippen LogP contribution is 2.40. The summed E-state index contributed by atoms with van der Waals surface area (Å²) < 4.78 is 15.4. The van der Waals surface area contributed by atoms with Crippen molar-refractivity contribution in [2.75, 3.05) is 0 Å². The number of aromatic nitrogens is 1. The van der Waals surface area contributed by atoms with E-state index in [1.54, 1.807) is 12.1 Å². The number of ketones is 1. The molecule has 0 unspecified atom stereocenters. The van der Waals surface area contributed by atoms with Gasteiger partial charge in [-0.1, -0.05) is 33.1 Å². The third-order valence-corrected chi connectivity index (χ3v) is 5.01. The van der Waals surface area contributed by atoms with Crippen molar-refractivity contribution >= 4 is 5.78 Å². The Labute approximate surface area is 137 Å². The standard InChI is InChI=1S/C20H24FNO/c1-15(2)19(23)20(12-4-3-5-13-20)22-14-6-7-18(22)16-8-10-17(21)11-9-16/h6-11,14-15H,3-5,12-13H2,1-2H3. The Balaban J connectivity index is 2.09. The maximum Gasteiger partial charge on any atom is 0.161 e. The van der Waals surface area contributed by atoms with Crippen LogP contribution in [0.1, 0.15) is 46.0 Å². The molecule has 23 heavy (non-hydrogen) atoms. The minimum atomic E-state index is -0.445. The molecular weight excluding hydrogens is 289 g/mol. The molecule has 1 aliphatic carbocycles. The first-order valence-corrected chi connectivity index (χ1v) is 8.53. The summed E-state index contributed by atoms with van der Waals surface area (Å²) in [7, 11) is 0. The van der Waals surface area contributed by atoms with Crippen LogP contribution in [0.2, 0.25) is 0 Å². The largest absolute Gasteiger partial charge is 0.334 e. The molecular formula is C20H24FNO. The van der Waals surface area contributed by atoms with Gasteiger partial charge in [-0.25, -0.2) is 4.39 Å². The first-order valence-electron chi connectivity index (χ1n) is 8.53. The molecule has 122 valence electrons. The van der Waals surface area contributed by atoms with Crippen LogP contribution in [-0.2, 0) is 10.3 Å². The molecule has 1 fully saturated rings. The Kier molecular flexibility index (Phi) is 4.38. The monoisotopic (exact) mass is 313 g/mol. The number of benzene rings is 1. The molecule has 2 nitrogen and oxygen atoms in total. The summed E-state index contributed by atoms with van der Waals surface area (Å²) in [5.74, 6) is 0.0887. The normalized spacial score (nSPS) is 17.4. The van der Waals surface area contributed by atoms with Crippen molar-refractivity contribution in [2.45, 2.75) is 51.5 Å². The molecule has 0 N–H and O–H groups in total. The zero-order chi connectivity index (χ0) is 16.4. The van der Waals surface area contributed by atoms with Gasteiger partial charge >= 0.3 is 0 Å². The topological polar surface area (TPSA) is 22.0 Å². The zero-order valence-electron chi connectivity index (χ0n) is 13.9. The van der Waals surface area contributed by atoms with E-state index in [0.717, 1.165) is 36.9 Å². The maximum absolute atomic E-state index is 13.2. The van der Waals surface area contributed by atoms with E-state index < -0.39 is 5.54 Å². The average molecular weight is 313 g/mol. The van der Waals surface area contributed by atoms with Gasteiger partial charge < -0.3 is 4.57 Å². The van der Waals surface area contributed by atoms with Gasteiger partial charge in [0.05, 0.1) is 0 Å². The number of carbonyl (C=O) groups is 1. The lowest BCUT2D eigenvalue weighted by Crippen LogP contribution is -2.45. The number of hydrogen-bond donors (Lipinski definition) is 0. The third-order valence-electron chi connectivity index (χ3n) is 5.01. The highest BCUT2D eigenvalue weighted by molar-refractivity contribution is 5.89. The van der Waals surface area contributed by atoms with Crippen molar-refractivity contribution in [3.63, 3.8) is 0 Å². The highest BCUT2D eigenvalue weighted by Gasteiger charge is 2.42. The number of rotatable bonds is 4. The molecule has 2 aromatic rings. The van der Waals surface area contributed by atoms with E-state index in [9.17, 15) is 9.18 Å². The van der Waals surface area contributed by atoms with Gasteiger partial charge in [0.1, 0.15) is 11.4 Å². The van der Waals surface area contributed by atoms with E-state index in [1.165, 1.54) is 18.6 Å². The van der Waals surface area contributed by atoms with Gasteiger partial charge in [0.2, 0.25) is 0 Å². The van der Waals surface area contributed by atoms with Crippen LogP contribution in [0.5, 0.6) is 0 Å². The number of halogens is 1. The van der Waals surface area contributed by atoms with Crippen molar-refractivity contribution in [3.8, 4) is 11.3 Å². The third kappa shape index (κ3) is 2.85. The summed E-state index contributed by atoms with van der Waals surface area (Å²) in [6.07, 6.45) is 7.17. The van der Waals surface area contributed by atoms with Gasteiger partial charge in [0.15, 0.2) is 5.78 Å². The second-order valence-electron chi connectivity index (χ2n) is 6.88. The minimum Gasteiger partial charge on any atom is -0.334 e. The van der Waals surface area contributed by atoms with E-state index in [1.807, 2.05) is 32.2 Å². The van der Waals surface area contributed by atoms with Crippen LogP contribution in [0.25, 0.3) is 11.3 Å². The summed E-state index contributed by atoms with van der Waals surface area (Å²) in [6.45, 7) is 3.97. The zero-order valence-corrected chi connectivity index (χ0v) is 13.9. The molecule has 1 aliphatic rings. The molecule has 0 spiro atoms. The Morgan fingerprint density at radius 1 is 1.09 bits per heavy atom. The number of carbonyl (C=O) groups excluding carboxylic acids is 1. The maximum atomic E-state index is 13.2. The molecule has 1 aromatic carbocycles. The average Bonchev–Trinajstić information content (AvgIpc) is 3.05. The summed E-state index contributed by atoms with van der Waals surface area (Å²) in [5.41, 5.74) is 1.51. The molecule has 0 saturated heterocycles. The van der Waals surface area contributed by atoms with Crippen molar-refractivity contribution in [1.82, 2.24) is 4.57 Å². The molecule has 3 heteroatoms. The lowest BCUT2D eigenvalue weighted by molar-refractivity contribution is -0.132. The quantitative estimate of drug-likeness (QED) is 0.762. The molecule has 0 amide bonds. The van der Waals surface area contributed by atoms with Gasteiger partial charge in [-0.15, -0.1) is 0 Å². The van der Waals surface area contributed by atoms with Gasteiger partial charge in [-0.05, 0) is 54.8 Å². The Morgan fingerprint density at radius 2 is 1.74 bits per heavy atom.